The molecular formula is C12H14O5. The lowest BCUT2D eigenvalue weighted by atomic mass is 9.94. The zero-order chi connectivity index (χ0) is 12.2. The molecule has 2 fully saturated rings. The van der Waals surface area contributed by atoms with Gasteiger partial charge in [-0.05, 0) is 31.6 Å². The van der Waals surface area contributed by atoms with Gasteiger partial charge in [0.1, 0.15) is 0 Å². The number of esters is 1. The van der Waals surface area contributed by atoms with E-state index in [4.69, 9.17) is 4.74 Å². The molecule has 0 aromatic heterocycles. The second kappa shape index (κ2) is 3.32. The number of rotatable bonds is 3. The molecule has 1 N–H and O–H groups in total. The Kier molecular flexibility index (Phi) is 2.10. The Bertz CT molecular complexity index is 415. The summed E-state index contributed by atoms with van der Waals surface area (Å²) in [5.41, 5.74) is 0. The molecule has 5 heteroatoms. The second-order valence-electron chi connectivity index (χ2n) is 5.05. The summed E-state index contributed by atoms with van der Waals surface area (Å²) in [5, 5.41) is 9.53. The number of epoxide rings is 1. The van der Waals surface area contributed by atoms with Crippen LogP contribution in [0.3, 0.4) is 0 Å². The van der Waals surface area contributed by atoms with Gasteiger partial charge in [0.05, 0.1) is 5.92 Å². The molecule has 3 rings (SSSR count). The Balaban J connectivity index is 1.61. The third-order valence-electron chi connectivity index (χ3n) is 3.92. The standard InChI is InChI=1S/C12H14O5/c1-6(12(15)11(14)17-12)16-10(13)9-5-7-2-3-8(9)4-7/h2-3,6-9,15H,4-5H2,1H3. The third kappa shape index (κ3) is 1.57. The van der Waals surface area contributed by atoms with Crippen molar-refractivity contribution in [2.75, 3.05) is 0 Å². The number of fused-ring (bicyclic) bond motifs is 2. The maximum Gasteiger partial charge on any atom is 0.386 e. The molecule has 0 radical (unpaired) electrons. The van der Waals surface area contributed by atoms with Crippen LogP contribution in [-0.2, 0) is 19.1 Å². The van der Waals surface area contributed by atoms with Crippen LogP contribution in [-0.4, -0.2) is 28.9 Å². The van der Waals surface area contributed by atoms with Gasteiger partial charge in [-0.25, -0.2) is 4.79 Å². The minimum absolute atomic E-state index is 0.134. The second-order valence-corrected chi connectivity index (χ2v) is 5.05. The average Bonchev–Trinajstić information content (AvgIpc) is 2.75. The van der Waals surface area contributed by atoms with Gasteiger partial charge in [0.15, 0.2) is 6.10 Å². The van der Waals surface area contributed by atoms with Crippen molar-refractivity contribution in [3.63, 3.8) is 0 Å². The van der Waals surface area contributed by atoms with Crippen LogP contribution in [0.4, 0.5) is 0 Å². The zero-order valence-electron chi connectivity index (χ0n) is 9.46. The van der Waals surface area contributed by atoms with Crippen molar-refractivity contribution in [3.05, 3.63) is 12.2 Å². The molecule has 2 bridgehead atoms. The first-order valence-electron chi connectivity index (χ1n) is 5.85. The van der Waals surface area contributed by atoms with Gasteiger partial charge >= 0.3 is 17.7 Å². The summed E-state index contributed by atoms with van der Waals surface area (Å²) in [6.07, 6.45) is 5.07. The number of ether oxygens (including phenoxy) is 2. The van der Waals surface area contributed by atoms with Crippen molar-refractivity contribution in [1.82, 2.24) is 0 Å². The first-order chi connectivity index (χ1) is 8.00. The average molecular weight is 238 g/mol. The summed E-state index contributed by atoms with van der Waals surface area (Å²) in [4.78, 5) is 22.7. The number of aliphatic hydroxyl groups is 1. The predicted octanol–water partition coefficient (Wildman–Crippen LogP) is 0.376. The van der Waals surface area contributed by atoms with Gasteiger partial charge < -0.3 is 14.6 Å². The Morgan fingerprint density at radius 3 is 2.76 bits per heavy atom. The minimum atomic E-state index is -1.90. The monoisotopic (exact) mass is 238 g/mol. The molecule has 0 aromatic rings. The number of carbonyl (C=O) groups is 2. The molecule has 1 saturated heterocycles. The van der Waals surface area contributed by atoms with Gasteiger partial charge in [-0.2, -0.15) is 0 Å². The van der Waals surface area contributed by atoms with Crippen LogP contribution >= 0.6 is 0 Å². The fourth-order valence-electron chi connectivity index (χ4n) is 2.76. The summed E-state index contributed by atoms with van der Waals surface area (Å²) < 4.78 is 9.53. The quantitative estimate of drug-likeness (QED) is 0.437. The van der Waals surface area contributed by atoms with Crippen molar-refractivity contribution >= 4 is 11.9 Å². The largest absolute Gasteiger partial charge is 0.455 e. The molecule has 0 aromatic carbocycles. The predicted molar refractivity (Wildman–Crippen MR) is 55.4 cm³/mol. The van der Waals surface area contributed by atoms with Crippen LogP contribution in [0.1, 0.15) is 19.8 Å². The fourth-order valence-corrected chi connectivity index (χ4v) is 2.76. The summed E-state index contributed by atoms with van der Waals surface area (Å²) in [5.74, 6) is -2.37. The highest BCUT2D eigenvalue weighted by Crippen LogP contribution is 2.44. The summed E-state index contributed by atoms with van der Waals surface area (Å²) in [6.45, 7) is 1.46. The molecule has 0 amide bonds. The molecule has 5 nitrogen and oxygen atoms in total. The van der Waals surface area contributed by atoms with E-state index in [2.05, 4.69) is 16.9 Å². The highest BCUT2D eigenvalue weighted by Gasteiger charge is 2.63. The van der Waals surface area contributed by atoms with Gasteiger partial charge in [-0.15, -0.1) is 0 Å². The fraction of sp³-hybridized carbons (Fsp3) is 0.667. The summed E-state index contributed by atoms with van der Waals surface area (Å²) in [7, 11) is 0. The first kappa shape index (κ1) is 10.8. The molecule has 92 valence electrons. The molecular weight excluding hydrogens is 224 g/mol. The number of hydrogen-bond donors (Lipinski definition) is 1. The smallest absolute Gasteiger partial charge is 0.386 e. The van der Waals surface area contributed by atoms with E-state index in [1.165, 1.54) is 6.92 Å². The topological polar surface area (TPSA) is 76.1 Å². The number of carbonyl (C=O) groups excluding carboxylic acids is 2. The highest BCUT2D eigenvalue weighted by molar-refractivity contribution is 5.91. The molecule has 1 saturated carbocycles. The van der Waals surface area contributed by atoms with Crippen molar-refractivity contribution < 1.29 is 24.2 Å². The Hall–Kier alpha value is -1.36. The van der Waals surface area contributed by atoms with Crippen LogP contribution in [0.25, 0.3) is 0 Å². The third-order valence-corrected chi connectivity index (χ3v) is 3.92. The van der Waals surface area contributed by atoms with E-state index in [-0.39, 0.29) is 17.8 Å². The lowest BCUT2D eigenvalue weighted by Gasteiger charge is -2.20. The highest BCUT2D eigenvalue weighted by atomic mass is 16.8. The molecule has 5 atom stereocenters. The van der Waals surface area contributed by atoms with Gasteiger partial charge in [0, 0.05) is 0 Å². The maximum atomic E-state index is 11.9. The van der Waals surface area contributed by atoms with Crippen molar-refractivity contribution in [2.45, 2.75) is 31.7 Å². The van der Waals surface area contributed by atoms with E-state index in [0.29, 0.717) is 5.92 Å². The van der Waals surface area contributed by atoms with Crippen LogP contribution in [0.15, 0.2) is 12.2 Å². The lowest BCUT2D eigenvalue weighted by Crippen LogP contribution is -2.35. The normalized spacial score (nSPS) is 43.4. The lowest BCUT2D eigenvalue weighted by molar-refractivity contribution is -0.168. The SMILES string of the molecule is CC(OC(=O)C1CC2C=CC1C2)C1(O)OC1=O. The van der Waals surface area contributed by atoms with E-state index in [0.717, 1.165) is 12.8 Å². The van der Waals surface area contributed by atoms with Crippen LogP contribution in [0.2, 0.25) is 0 Å². The number of hydrogen-bond acceptors (Lipinski definition) is 5. The Labute approximate surface area is 98.4 Å². The van der Waals surface area contributed by atoms with Crippen molar-refractivity contribution in [1.29, 1.82) is 0 Å². The molecule has 1 aliphatic heterocycles. The number of cyclic esters (lactones) is 1. The first-order valence-corrected chi connectivity index (χ1v) is 5.85. The molecule has 5 unspecified atom stereocenters. The van der Waals surface area contributed by atoms with Crippen molar-refractivity contribution in [2.24, 2.45) is 17.8 Å². The van der Waals surface area contributed by atoms with Gasteiger partial charge in [-0.3, -0.25) is 4.79 Å². The van der Waals surface area contributed by atoms with E-state index >= 15 is 0 Å². The van der Waals surface area contributed by atoms with Crippen LogP contribution in [0, 0.1) is 17.8 Å². The molecule has 2 aliphatic carbocycles. The summed E-state index contributed by atoms with van der Waals surface area (Å²) in [6, 6.07) is 0. The molecule has 17 heavy (non-hydrogen) atoms. The van der Waals surface area contributed by atoms with Crippen molar-refractivity contribution in [3.8, 4) is 0 Å². The van der Waals surface area contributed by atoms with Gasteiger partial charge in [-0.1, -0.05) is 12.2 Å². The van der Waals surface area contributed by atoms with Crippen LogP contribution in [0.5, 0.6) is 0 Å². The van der Waals surface area contributed by atoms with Gasteiger partial charge in [0.25, 0.3) is 0 Å². The van der Waals surface area contributed by atoms with Gasteiger partial charge in [0.2, 0.25) is 0 Å². The van der Waals surface area contributed by atoms with E-state index in [1.54, 1.807) is 0 Å². The zero-order valence-corrected chi connectivity index (χ0v) is 9.46. The van der Waals surface area contributed by atoms with E-state index < -0.39 is 17.9 Å². The van der Waals surface area contributed by atoms with Crippen LogP contribution < -0.4 is 0 Å². The van der Waals surface area contributed by atoms with E-state index in [9.17, 15) is 14.7 Å². The number of allylic oxidation sites excluding steroid dienone is 2. The summed E-state index contributed by atoms with van der Waals surface area (Å²) >= 11 is 0. The van der Waals surface area contributed by atoms with E-state index in [1.807, 2.05) is 0 Å². The maximum absolute atomic E-state index is 11.9. The minimum Gasteiger partial charge on any atom is -0.455 e. The Morgan fingerprint density at radius 2 is 2.29 bits per heavy atom. The molecule has 1 heterocycles. The molecule has 3 aliphatic rings. The Morgan fingerprint density at radius 1 is 1.59 bits per heavy atom. The molecule has 0 spiro atoms.